The molecule has 1 aliphatic carbocycles. The molecule has 0 spiro atoms. The van der Waals surface area contributed by atoms with E-state index in [-0.39, 0.29) is 24.5 Å². The minimum atomic E-state index is -0.250. The van der Waals surface area contributed by atoms with Gasteiger partial charge in [0.25, 0.3) is 6.47 Å². The first kappa shape index (κ1) is 28.5. The van der Waals surface area contributed by atoms with Crippen LogP contribution in [0.2, 0.25) is 10.0 Å². The number of hydrogen-bond acceptors (Lipinski definition) is 5. The number of amides is 3. The second kappa shape index (κ2) is 14.6. The van der Waals surface area contributed by atoms with Gasteiger partial charge in [0.15, 0.2) is 0 Å². The lowest BCUT2D eigenvalue weighted by atomic mass is 9.92. The molecule has 11 heteroatoms. The van der Waals surface area contributed by atoms with E-state index >= 15 is 0 Å². The van der Waals surface area contributed by atoms with Crippen molar-refractivity contribution in [3.8, 4) is 0 Å². The van der Waals surface area contributed by atoms with E-state index in [2.05, 4.69) is 15.5 Å². The highest BCUT2D eigenvalue weighted by Gasteiger charge is 2.28. The Morgan fingerprint density at radius 2 is 1.83 bits per heavy atom. The van der Waals surface area contributed by atoms with Crippen molar-refractivity contribution in [3.63, 3.8) is 0 Å². The van der Waals surface area contributed by atoms with Gasteiger partial charge in [-0.15, -0.1) is 0 Å². The molecule has 3 fully saturated rings. The Balaban J connectivity index is 0.00000115. The molecule has 1 saturated carbocycles. The maximum Gasteiger partial charge on any atom is 0.317 e. The molecule has 2 saturated heterocycles. The zero-order valence-electron chi connectivity index (χ0n) is 20.5. The molecule has 0 radical (unpaired) electrons. The minimum Gasteiger partial charge on any atom is -0.483 e. The van der Waals surface area contributed by atoms with Gasteiger partial charge in [-0.3, -0.25) is 14.5 Å². The van der Waals surface area contributed by atoms with Gasteiger partial charge < -0.3 is 25.4 Å². The summed E-state index contributed by atoms with van der Waals surface area (Å²) in [5, 5.41) is 14.1. The second-order valence-corrected chi connectivity index (χ2v) is 10.4. The highest BCUT2D eigenvalue weighted by atomic mass is 35.5. The van der Waals surface area contributed by atoms with Gasteiger partial charge in [0.2, 0.25) is 5.91 Å². The van der Waals surface area contributed by atoms with E-state index in [0.717, 1.165) is 70.4 Å². The number of benzene rings is 1. The number of carbonyl (C=O) groups excluding carboxylic acids is 2. The number of morpholine rings is 1. The van der Waals surface area contributed by atoms with Crippen LogP contribution < -0.4 is 10.6 Å². The van der Waals surface area contributed by atoms with Crippen molar-refractivity contribution in [2.45, 2.75) is 57.2 Å². The van der Waals surface area contributed by atoms with Gasteiger partial charge in [0.05, 0.1) is 22.8 Å². The van der Waals surface area contributed by atoms with E-state index in [9.17, 15) is 9.59 Å². The Morgan fingerprint density at radius 3 is 2.50 bits per heavy atom. The normalized spacial score (nSPS) is 20.7. The lowest BCUT2D eigenvalue weighted by Gasteiger charge is -2.33. The van der Waals surface area contributed by atoms with Crippen LogP contribution in [0.25, 0.3) is 0 Å². The first-order chi connectivity index (χ1) is 17.4. The van der Waals surface area contributed by atoms with Crippen molar-refractivity contribution in [1.82, 2.24) is 20.4 Å². The smallest absolute Gasteiger partial charge is 0.317 e. The molecular weight excluding hydrogens is 507 g/mol. The zero-order valence-corrected chi connectivity index (χ0v) is 22.0. The largest absolute Gasteiger partial charge is 0.483 e. The van der Waals surface area contributed by atoms with Crippen LogP contribution in [0.15, 0.2) is 18.2 Å². The summed E-state index contributed by atoms with van der Waals surface area (Å²) >= 11 is 12.1. The maximum atomic E-state index is 12.4. The van der Waals surface area contributed by atoms with Crippen molar-refractivity contribution in [3.05, 3.63) is 33.8 Å². The van der Waals surface area contributed by atoms with Crippen molar-refractivity contribution >= 4 is 41.6 Å². The van der Waals surface area contributed by atoms with Crippen molar-refractivity contribution in [1.29, 1.82) is 0 Å². The number of urea groups is 1. The third-order valence-electron chi connectivity index (χ3n) is 6.73. The molecule has 9 nitrogen and oxygen atoms in total. The molecule has 1 aromatic carbocycles. The molecule has 1 aromatic rings. The first-order valence-electron chi connectivity index (χ1n) is 12.6. The summed E-state index contributed by atoms with van der Waals surface area (Å²) in [7, 11) is 0. The van der Waals surface area contributed by atoms with Gasteiger partial charge in [-0.05, 0) is 55.7 Å². The standard InChI is InChI=1S/C24H34Cl2N4O3.CH2O2/c25-21-5-1-18(13-22(21)26)15-29-11-12-33-20(16-29)14-27-23(31)6-2-17-7-9-30(10-8-17)24(32)28-19-3-4-19;2-1-3/h1,5,13,17,19-20H,2-4,6-12,14-16H2,(H,27,31)(H,28,32);1H,(H,2,3)/t20-;/m0./s1. The number of likely N-dealkylation sites (tertiary alicyclic amines) is 1. The van der Waals surface area contributed by atoms with Crippen molar-refractivity contribution in [2.75, 3.05) is 39.3 Å². The summed E-state index contributed by atoms with van der Waals surface area (Å²) in [6, 6.07) is 6.19. The van der Waals surface area contributed by atoms with Crippen LogP contribution in [-0.2, 0) is 20.9 Å². The fraction of sp³-hybridized carbons (Fsp3) is 0.640. The van der Waals surface area contributed by atoms with Crippen LogP contribution in [0.5, 0.6) is 0 Å². The highest BCUT2D eigenvalue weighted by molar-refractivity contribution is 6.42. The molecule has 2 heterocycles. The molecule has 3 amide bonds. The topological polar surface area (TPSA) is 111 Å². The van der Waals surface area contributed by atoms with E-state index in [1.54, 1.807) is 0 Å². The molecule has 3 N–H and O–H groups in total. The molecule has 4 rings (SSSR count). The number of halogens is 2. The Kier molecular flexibility index (Phi) is 11.6. The van der Waals surface area contributed by atoms with Crippen LogP contribution in [0, 0.1) is 5.92 Å². The lowest BCUT2D eigenvalue weighted by molar-refractivity contribution is -0.123. The van der Waals surface area contributed by atoms with Crippen LogP contribution in [0.1, 0.15) is 44.1 Å². The van der Waals surface area contributed by atoms with E-state index in [0.29, 0.717) is 41.6 Å². The van der Waals surface area contributed by atoms with Gasteiger partial charge in [-0.2, -0.15) is 0 Å². The van der Waals surface area contributed by atoms with E-state index in [4.69, 9.17) is 37.8 Å². The maximum absolute atomic E-state index is 12.4. The summed E-state index contributed by atoms with van der Waals surface area (Å²) in [6.07, 6.45) is 5.55. The molecule has 0 unspecified atom stereocenters. The Hall–Kier alpha value is -2.07. The van der Waals surface area contributed by atoms with Crippen LogP contribution >= 0.6 is 23.2 Å². The predicted molar refractivity (Wildman–Crippen MR) is 138 cm³/mol. The Morgan fingerprint density at radius 1 is 1.11 bits per heavy atom. The van der Waals surface area contributed by atoms with E-state index in [1.165, 1.54) is 0 Å². The van der Waals surface area contributed by atoms with E-state index in [1.807, 2.05) is 23.1 Å². The van der Waals surface area contributed by atoms with Crippen molar-refractivity contribution in [2.24, 2.45) is 5.92 Å². The molecule has 1 atom stereocenters. The fourth-order valence-electron chi connectivity index (χ4n) is 4.51. The number of carbonyl (C=O) groups is 3. The summed E-state index contributed by atoms with van der Waals surface area (Å²) in [5.74, 6) is 0.586. The summed E-state index contributed by atoms with van der Waals surface area (Å²) in [6.45, 7) is 4.89. The molecule has 36 heavy (non-hydrogen) atoms. The molecule has 3 aliphatic rings. The molecule has 200 valence electrons. The molecular formula is C25H36Cl2N4O5. The van der Waals surface area contributed by atoms with Crippen LogP contribution in [0.3, 0.4) is 0 Å². The van der Waals surface area contributed by atoms with E-state index < -0.39 is 0 Å². The first-order valence-corrected chi connectivity index (χ1v) is 13.3. The van der Waals surface area contributed by atoms with Crippen LogP contribution in [0.4, 0.5) is 4.79 Å². The average molecular weight is 543 g/mol. The number of nitrogens with zero attached hydrogens (tertiary/aromatic N) is 2. The van der Waals surface area contributed by atoms with Gasteiger partial charge in [0.1, 0.15) is 0 Å². The molecule has 0 bridgehead atoms. The zero-order chi connectivity index (χ0) is 25.9. The second-order valence-electron chi connectivity index (χ2n) is 9.58. The number of rotatable bonds is 8. The minimum absolute atomic E-state index is 0.0151. The quantitative estimate of drug-likeness (QED) is 0.434. The summed E-state index contributed by atoms with van der Waals surface area (Å²) in [5.41, 5.74) is 1.12. The third kappa shape index (κ3) is 9.76. The SMILES string of the molecule is O=C(CCC1CCN(C(=O)NC2CC2)CC1)NC[C@H]1CN(Cc2ccc(Cl)c(Cl)c2)CCO1.O=CO. The Labute approximate surface area is 222 Å². The van der Waals surface area contributed by atoms with Gasteiger partial charge in [0, 0.05) is 51.7 Å². The monoisotopic (exact) mass is 542 g/mol. The predicted octanol–water partition coefficient (Wildman–Crippen LogP) is 3.38. The fourth-order valence-corrected chi connectivity index (χ4v) is 4.83. The third-order valence-corrected chi connectivity index (χ3v) is 7.47. The van der Waals surface area contributed by atoms with Crippen molar-refractivity contribution < 1.29 is 24.2 Å². The summed E-state index contributed by atoms with van der Waals surface area (Å²) in [4.78, 5) is 37.1. The molecule has 0 aromatic heterocycles. The lowest BCUT2D eigenvalue weighted by Crippen LogP contribution is -2.47. The number of piperidine rings is 1. The summed E-state index contributed by atoms with van der Waals surface area (Å²) < 4.78 is 5.85. The van der Waals surface area contributed by atoms with Crippen LogP contribution in [-0.4, -0.2) is 84.8 Å². The van der Waals surface area contributed by atoms with Gasteiger partial charge in [-0.25, -0.2) is 4.79 Å². The highest BCUT2D eigenvalue weighted by Crippen LogP contribution is 2.25. The molecule has 2 aliphatic heterocycles. The van der Waals surface area contributed by atoms with Gasteiger partial charge in [-0.1, -0.05) is 29.3 Å². The average Bonchev–Trinajstić information content (AvgIpc) is 3.69. The Bertz CT molecular complexity index is 878. The number of nitrogens with one attached hydrogen (secondary N) is 2. The number of hydrogen-bond donors (Lipinski definition) is 3. The number of ether oxygens (including phenoxy) is 1. The van der Waals surface area contributed by atoms with Gasteiger partial charge >= 0.3 is 6.03 Å². The number of carboxylic acid groups (broad SMARTS) is 1.